The summed E-state index contributed by atoms with van der Waals surface area (Å²) in [6.45, 7) is 9.59. The van der Waals surface area contributed by atoms with Crippen LogP contribution in [-0.4, -0.2) is 42.5 Å². The molecule has 0 aliphatic rings. The van der Waals surface area contributed by atoms with Crippen LogP contribution in [0, 0.1) is 13.8 Å². The van der Waals surface area contributed by atoms with Gasteiger partial charge in [-0.05, 0) is 58.0 Å². The van der Waals surface area contributed by atoms with Crippen LogP contribution in [0.15, 0.2) is 47.5 Å². The van der Waals surface area contributed by atoms with Crippen LogP contribution in [0.3, 0.4) is 0 Å². The molecule has 3 aromatic rings. The van der Waals surface area contributed by atoms with E-state index in [1.54, 1.807) is 25.3 Å². The monoisotopic (exact) mass is 479 g/mol. The van der Waals surface area contributed by atoms with E-state index in [0.29, 0.717) is 47.6 Å². The minimum absolute atomic E-state index is 0.292. The molecule has 0 aliphatic carbocycles. The lowest BCUT2D eigenvalue weighted by Gasteiger charge is -2.15. The zero-order valence-electron chi connectivity index (χ0n) is 21.1. The summed E-state index contributed by atoms with van der Waals surface area (Å²) < 4.78 is 18.3. The van der Waals surface area contributed by atoms with Crippen molar-refractivity contribution in [2.75, 3.05) is 26.1 Å². The van der Waals surface area contributed by atoms with Gasteiger partial charge in [-0.25, -0.2) is 4.99 Å². The number of nitrogens with zero attached hydrogens (tertiary/aromatic N) is 3. The maximum absolute atomic E-state index is 13.1. The molecule has 0 bridgehead atoms. The number of methoxy groups -OCH3 is 2. The maximum atomic E-state index is 13.1. The number of nitrogens with one attached hydrogen (secondary N) is 2. The van der Waals surface area contributed by atoms with E-state index in [4.69, 9.17) is 19.2 Å². The van der Waals surface area contributed by atoms with Crippen molar-refractivity contribution < 1.29 is 19.0 Å². The van der Waals surface area contributed by atoms with Gasteiger partial charge < -0.3 is 19.5 Å². The number of ether oxygens (including phenoxy) is 3. The number of benzene rings is 2. The largest absolute Gasteiger partial charge is 0.493 e. The molecule has 35 heavy (non-hydrogen) atoms. The van der Waals surface area contributed by atoms with Crippen molar-refractivity contribution in [1.82, 2.24) is 15.1 Å². The average Bonchev–Trinajstić information content (AvgIpc) is 3.15. The molecule has 1 amide bonds. The summed E-state index contributed by atoms with van der Waals surface area (Å²) in [6.07, 6.45) is 0. The van der Waals surface area contributed by atoms with E-state index in [9.17, 15) is 4.79 Å². The van der Waals surface area contributed by atoms with E-state index in [-0.39, 0.29) is 5.91 Å². The first kappa shape index (κ1) is 25.6. The molecule has 0 atom stereocenters. The minimum Gasteiger partial charge on any atom is -0.493 e. The second kappa shape index (κ2) is 11.9. The number of anilines is 1. The molecule has 3 rings (SSSR count). The highest BCUT2D eigenvalue weighted by atomic mass is 16.5. The van der Waals surface area contributed by atoms with Crippen molar-refractivity contribution in [3.05, 3.63) is 65.0 Å². The molecule has 0 spiro atoms. The topological polar surface area (TPSA) is 99.0 Å². The average molecular weight is 480 g/mol. The molecular weight excluding hydrogens is 446 g/mol. The number of carbonyl (C=O) groups is 1. The Morgan fingerprint density at radius 1 is 1.03 bits per heavy atom. The van der Waals surface area contributed by atoms with Gasteiger partial charge in [0.1, 0.15) is 5.75 Å². The van der Waals surface area contributed by atoms with Crippen LogP contribution >= 0.6 is 0 Å². The first-order valence-corrected chi connectivity index (χ1v) is 11.5. The Balaban J connectivity index is 1.93. The summed E-state index contributed by atoms with van der Waals surface area (Å²) in [5.74, 6) is 1.62. The third-order valence-electron chi connectivity index (χ3n) is 5.54. The van der Waals surface area contributed by atoms with Crippen LogP contribution in [0.1, 0.15) is 41.2 Å². The molecule has 1 heterocycles. The molecule has 9 nitrogen and oxygen atoms in total. The van der Waals surface area contributed by atoms with E-state index >= 15 is 0 Å². The number of guanidine groups is 1. The molecule has 2 N–H and O–H groups in total. The molecule has 0 saturated carbocycles. The number of hydrogen-bond acceptors (Lipinski definition) is 6. The first-order chi connectivity index (χ1) is 16.9. The number of aryl methyl sites for hydroxylation is 2. The van der Waals surface area contributed by atoms with Gasteiger partial charge in [0.25, 0.3) is 5.91 Å². The number of rotatable bonds is 9. The van der Waals surface area contributed by atoms with Gasteiger partial charge in [0.2, 0.25) is 5.96 Å². The molecule has 0 unspecified atom stereocenters. The Kier molecular flexibility index (Phi) is 8.72. The molecule has 0 aliphatic heterocycles. The number of aliphatic imine (C=N–C) groups is 1. The lowest BCUT2D eigenvalue weighted by Crippen LogP contribution is -2.36. The SMILES string of the molecule is CCOc1ccccc1NC(=NCc1c(C)nn(CC)c1C)NC(=O)c1ccc(OC)c(OC)c1. The normalized spacial score (nSPS) is 11.2. The van der Waals surface area contributed by atoms with Gasteiger partial charge in [0.15, 0.2) is 11.5 Å². The van der Waals surface area contributed by atoms with Gasteiger partial charge in [-0.2, -0.15) is 5.10 Å². The Labute approximate surface area is 206 Å². The van der Waals surface area contributed by atoms with E-state index in [2.05, 4.69) is 15.7 Å². The lowest BCUT2D eigenvalue weighted by atomic mass is 10.2. The van der Waals surface area contributed by atoms with Gasteiger partial charge in [0.05, 0.1) is 38.8 Å². The van der Waals surface area contributed by atoms with Crippen molar-refractivity contribution in [3.8, 4) is 17.2 Å². The van der Waals surface area contributed by atoms with E-state index < -0.39 is 0 Å². The van der Waals surface area contributed by atoms with Crippen molar-refractivity contribution in [3.63, 3.8) is 0 Å². The fourth-order valence-electron chi connectivity index (χ4n) is 3.68. The standard InChI is InChI=1S/C26H33N5O4/c1-7-31-18(4)20(17(3)30-31)16-27-26(28-21-11-9-10-12-22(21)35-8-2)29-25(32)19-13-14-23(33-5)24(15-19)34-6/h9-15H,7-8,16H2,1-6H3,(H2,27,28,29,32). The molecular formula is C26H33N5O4. The Morgan fingerprint density at radius 2 is 1.77 bits per heavy atom. The van der Waals surface area contributed by atoms with Crippen molar-refractivity contribution in [1.29, 1.82) is 0 Å². The Bertz CT molecular complexity index is 1200. The fraction of sp³-hybridized carbons (Fsp3) is 0.346. The third kappa shape index (κ3) is 6.11. The molecule has 0 radical (unpaired) electrons. The van der Waals surface area contributed by atoms with Gasteiger partial charge in [0, 0.05) is 23.4 Å². The predicted octanol–water partition coefficient (Wildman–Crippen LogP) is 4.33. The predicted molar refractivity (Wildman–Crippen MR) is 137 cm³/mol. The lowest BCUT2D eigenvalue weighted by molar-refractivity contribution is 0.0976. The van der Waals surface area contributed by atoms with Gasteiger partial charge >= 0.3 is 0 Å². The maximum Gasteiger partial charge on any atom is 0.258 e. The van der Waals surface area contributed by atoms with Gasteiger partial charge in [-0.1, -0.05) is 12.1 Å². The minimum atomic E-state index is -0.344. The summed E-state index contributed by atoms with van der Waals surface area (Å²) in [5.41, 5.74) is 4.08. The van der Waals surface area contributed by atoms with Crippen LogP contribution in [0.5, 0.6) is 17.2 Å². The van der Waals surface area contributed by atoms with E-state index in [0.717, 1.165) is 23.5 Å². The molecule has 0 saturated heterocycles. The fourth-order valence-corrected chi connectivity index (χ4v) is 3.68. The smallest absolute Gasteiger partial charge is 0.258 e. The van der Waals surface area contributed by atoms with Crippen LogP contribution in [0.25, 0.3) is 0 Å². The van der Waals surface area contributed by atoms with Gasteiger partial charge in [-0.3, -0.25) is 14.8 Å². The van der Waals surface area contributed by atoms with Crippen molar-refractivity contribution in [2.24, 2.45) is 4.99 Å². The van der Waals surface area contributed by atoms with E-state index in [1.807, 2.05) is 56.6 Å². The number of amides is 1. The first-order valence-electron chi connectivity index (χ1n) is 11.5. The van der Waals surface area contributed by atoms with Crippen LogP contribution < -0.4 is 24.8 Å². The van der Waals surface area contributed by atoms with Crippen molar-refractivity contribution >= 4 is 17.6 Å². The second-order valence-corrected chi connectivity index (χ2v) is 7.71. The Hall–Kier alpha value is -4.01. The molecule has 0 fully saturated rings. The van der Waals surface area contributed by atoms with Crippen LogP contribution in [0.2, 0.25) is 0 Å². The number of carbonyl (C=O) groups excluding carboxylic acids is 1. The molecule has 186 valence electrons. The number of aromatic nitrogens is 2. The quantitative estimate of drug-likeness (QED) is 0.350. The van der Waals surface area contributed by atoms with E-state index in [1.165, 1.54) is 7.11 Å². The zero-order valence-corrected chi connectivity index (χ0v) is 21.1. The summed E-state index contributed by atoms with van der Waals surface area (Å²) in [5, 5.41) is 10.7. The number of para-hydroxylation sites is 2. The molecule has 2 aromatic carbocycles. The summed E-state index contributed by atoms with van der Waals surface area (Å²) in [6, 6.07) is 12.5. The zero-order chi connectivity index (χ0) is 25.4. The van der Waals surface area contributed by atoms with Crippen LogP contribution in [0.4, 0.5) is 5.69 Å². The van der Waals surface area contributed by atoms with Crippen molar-refractivity contribution in [2.45, 2.75) is 40.8 Å². The Morgan fingerprint density at radius 3 is 2.43 bits per heavy atom. The summed E-state index contributed by atoms with van der Waals surface area (Å²) >= 11 is 0. The highest BCUT2D eigenvalue weighted by Gasteiger charge is 2.16. The summed E-state index contributed by atoms with van der Waals surface area (Å²) in [4.78, 5) is 17.9. The number of hydrogen-bond donors (Lipinski definition) is 2. The summed E-state index contributed by atoms with van der Waals surface area (Å²) in [7, 11) is 3.08. The van der Waals surface area contributed by atoms with Gasteiger partial charge in [-0.15, -0.1) is 0 Å². The third-order valence-corrected chi connectivity index (χ3v) is 5.54. The highest BCUT2D eigenvalue weighted by molar-refractivity contribution is 6.10. The second-order valence-electron chi connectivity index (χ2n) is 7.71. The van der Waals surface area contributed by atoms with Crippen LogP contribution in [-0.2, 0) is 13.1 Å². The highest BCUT2D eigenvalue weighted by Crippen LogP contribution is 2.28. The molecule has 1 aromatic heterocycles. The molecule has 9 heteroatoms.